The minimum Gasteiger partial charge on any atom is -0.336 e. The first kappa shape index (κ1) is 17.8. The van der Waals surface area contributed by atoms with Crippen LogP contribution in [-0.4, -0.2) is 55.6 Å². The Kier molecular flexibility index (Phi) is 6.01. The topological polar surface area (TPSA) is 47.6 Å². The number of hydrogen-bond acceptors (Lipinski definition) is 4. The summed E-state index contributed by atoms with van der Waals surface area (Å²) >= 11 is 1.71. The zero-order chi connectivity index (χ0) is 17.6. The van der Waals surface area contributed by atoms with Gasteiger partial charge in [-0.25, -0.2) is 9.18 Å². The van der Waals surface area contributed by atoms with Gasteiger partial charge < -0.3 is 15.5 Å². The number of halogens is 1. The van der Waals surface area contributed by atoms with E-state index >= 15 is 0 Å². The van der Waals surface area contributed by atoms with Gasteiger partial charge in [-0.05, 0) is 42.8 Å². The van der Waals surface area contributed by atoms with E-state index in [-0.39, 0.29) is 17.9 Å². The SMILES string of the molecule is CN1CCN([C@H](CNC(=O)Nc2ccc(F)cc2)c2cccs2)CC1. The third-order valence-corrected chi connectivity index (χ3v) is 5.38. The first-order valence-corrected chi connectivity index (χ1v) is 9.26. The number of nitrogens with zero attached hydrogens (tertiary/aromatic N) is 2. The molecule has 1 aliphatic heterocycles. The second-order valence-corrected chi connectivity index (χ2v) is 7.19. The van der Waals surface area contributed by atoms with Crippen LogP contribution in [0.1, 0.15) is 10.9 Å². The van der Waals surface area contributed by atoms with Crippen LogP contribution in [0.2, 0.25) is 0 Å². The molecular weight excluding hydrogens is 339 g/mol. The third-order valence-electron chi connectivity index (χ3n) is 4.41. The number of likely N-dealkylation sites (N-methyl/N-ethyl adjacent to an activating group) is 1. The van der Waals surface area contributed by atoms with Crippen molar-refractivity contribution in [1.82, 2.24) is 15.1 Å². The van der Waals surface area contributed by atoms with Crippen molar-refractivity contribution in [2.75, 3.05) is 45.1 Å². The molecule has 7 heteroatoms. The molecule has 3 rings (SSSR count). The molecule has 0 spiro atoms. The number of carbonyl (C=O) groups is 1. The highest BCUT2D eigenvalue weighted by Gasteiger charge is 2.25. The van der Waals surface area contributed by atoms with Crippen LogP contribution in [0.15, 0.2) is 41.8 Å². The van der Waals surface area contributed by atoms with Crippen LogP contribution >= 0.6 is 11.3 Å². The summed E-state index contributed by atoms with van der Waals surface area (Å²) in [5, 5.41) is 7.76. The Hall–Kier alpha value is -1.96. The average molecular weight is 362 g/mol. The van der Waals surface area contributed by atoms with Crippen molar-refractivity contribution in [2.45, 2.75) is 6.04 Å². The van der Waals surface area contributed by atoms with E-state index in [9.17, 15) is 9.18 Å². The Balaban J connectivity index is 1.58. The molecular formula is C18H23FN4OS. The summed E-state index contributed by atoms with van der Waals surface area (Å²) in [5.74, 6) is -0.321. The largest absolute Gasteiger partial charge is 0.336 e. The first-order chi connectivity index (χ1) is 12.1. The van der Waals surface area contributed by atoms with Gasteiger partial charge in [0.15, 0.2) is 0 Å². The van der Waals surface area contributed by atoms with Crippen LogP contribution in [0.5, 0.6) is 0 Å². The Labute approximate surface area is 151 Å². The summed E-state index contributed by atoms with van der Waals surface area (Å²) in [6, 6.07) is 9.81. The molecule has 5 nitrogen and oxygen atoms in total. The first-order valence-electron chi connectivity index (χ1n) is 8.38. The molecule has 0 unspecified atom stereocenters. The van der Waals surface area contributed by atoms with Gasteiger partial charge in [-0.3, -0.25) is 4.90 Å². The maximum atomic E-state index is 12.9. The Morgan fingerprint density at radius 1 is 1.20 bits per heavy atom. The minimum absolute atomic E-state index is 0.174. The van der Waals surface area contributed by atoms with Crippen molar-refractivity contribution in [3.63, 3.8) is 0 Å². The molecule has 1 fully saturated rings. The summed E-state index contributed by atoms with van der Waals surface area (Å²) in [7, 11) is 2.13. The number of anilines is 1. The fourth-order valence-corrected chi connectivity index (χ4v) is 3.78. The van der Waals surface area contributed by atoms with E-state index in [0.29, 0.717) is 12.2 Å². The Morgan fingerprint density at radius 2 is 1.92 bits per heavy atom. The van der Waals surface area contributed by atoms with Crippen molar-refractivity contribution in [3.8, 4) is 0 Å². The third kappa shape index (κ3) is 5.01. The molecule has 2 amide bonds. The van der Waals surface area contributed by atoms with Gasteiger partial charge in [0.1, 0.15) is 5.82 Å². The molecule has 0 bridgehead atoms. The molecule has 1 atom stereocenters. The fourth-order valence-electron chi connectivity index (χ4n) is 2.92. The number of piperazine rings is 1. The van der Waals surface area contributed by atoms with Gasteiger partial charge >= 0.3 is 6.03 Å². The second kappa shape index (κ2) is 8.42. The zero-order valence-corrected chi connectivity index (χ0v) is 15.1. The summed E-state index contributed by atoms with van der Waals surface area (Å²) < 4.78 is 12.9. The monoisotopic (exact) mass is 362 g/mol. The van der Waals surface area contributed by atoms with Crippen LogP contribution in [0.3, 0.4) is 0 Å². The highest BCUT2D eigenvalue weighted by atomic mass is 32.1. The quantitative estimate of drug-likeness (QED) is 0.860. The molecule has 2 heterocycles. The number of nitrogens with one attached hydrogen (secondary N) is 2. The molecule has 0 aliphatic carbocycles. The lowest BCUT2D eigenvalue weighted by Gasteiger charge is -2.37. The summed E-state index contributed by atoms with van der Waals surface area (Å²) in [6.45, 7) is 4.57. The van der Waals surface area contributed by atoms with E-state index in [0.717, 1.165) is 26.2 Å². The number of thiophene rings is 1. The van der Waals surface area contributed by atoms with Crippen LogP contribution in [0, 0.1) is 5.82 Å². The van der Waals surface area contributed by atoms with Crippen molar-refractivity contribution in [2.24, 2.45) is 0 Å². The number of urea groups is 1. The number of hydrogen-bond donors (Lipinski definition) is 2. The highest BCUT2D eigenvalue weighted by molar-refractivity contribution is 7.10. The van der Waals surface area contributed by atoms with Crippen LogP contribution in [-0.2, 0) is 0 Å². The molecule has 1 saturated heterocycles. The molecule has 1 aliphatic rings. The summed E-state index contributed by atoms with van der Waals surface area (Å²) in [5.41, 5.74) is 0.575. The maximum absolute atomic E-state index is 12.9. The maximum Gasteiger partial charge on any atom is 0.319 e. The molecule has 1 aromatic heterocycles. The summed E-state index contributed by atoms with van der Waals surface area (Å²) in [4.78, 5) is 18.2. The molecule has 1 aromatic carbocycles. The van der Waals surface area contributed by atoms with Crippen molar-refractivity contribution in [1.29, 1.82) is 0 Å². The van der Waals surface area contributed by atoms with Crippen molar-refractivity contribution in [3.05, 3.63) is 52.5 Å². The molecule has 25 heavy (non-hydrogen) atoms. The van der Waals surface area contributed by atoms with Crippen molar-refractivity contribution >= 4 is 23.1 Å². The van der Waals surface area contributed by atoms with Gasteiger partial charge in [0.2, 0.25) is 0 Å². The lowest BCUT2D eigenvalue weighted by Crippen LogP contribution is -2.48. The standard InChI is InChI=1S/C18H23FN4OS/c1-22-8-10-23(11-9-22)16(17-3-2-12-25-17)13-20-18(24)21-15-6-4-14(19)5-7-15/h2-7,12,16H,8-11,13H2,1H3,(H2,20,21,24)/t16-/m1/s1. The second-order valence-electron chi connectivity index (χ2n) is 6.21. The van der Waals surface area contributed by atoms with Gasteiger partial charge in [0.25, 0.3) is 0 Å². The lowest BCUT2D eigenvalue weighted by atomic mass is 10.1. The number of carbonyl (C=O) groups excluding carboxylic acids is 1. The molecule has 0 radical (unpaired) electrons. The van der Waals surface area contributed by atoms with Gasteiger partial charge in [-0.15, -0.1) is 11.3 Å². The van der Waals surface area contributed by atoms with Crippen LogP contribution < -0.4 is 10.6 Å². The van der Waals surface area contributed by atoms with Crippen molar-refractivity contribution < 1.29 is 9.18 Å². The predicted molar refractivity (Wildman–Crippen MR) is 99.6 cm³/mol. The van der Waals surface area contributed by atoms with Gasteiger partial charge in [-0.1, -0.05) is 6.07 Å². The number of benzene rings is 1. The highest BCUT2D eigenvalue weighted by Crippen LogP contribution is 2.25. The predicted octanol–water partition coefficient (Wildman–Crippen LogP) is 3.00. The van der Waals surface area contributed by atoms with Gasteiger partial charge in [0.05, 0.1) is 6.04 Å². The average Bonchev–Trinajstić information content (AvgIpc) is 3.13. The molecule has 0 saturated carbocycles. The van der Waals surface area contributed by atoms with E-state index in [1.165, 1.54) is 17.0 Å². The summed E-state index contributed by atoms with van der Waals surface area (Å²) in [6.07, 6.45) is 0. The van der Waals surface area contributed by atoms with E-state index < -0.39 is 0 Å². The Morgan fingerprint density at radius 3 is 2.56 bits per heavy atom. The molecule has 2 N–H and O–H groups in total. The lowest BCUT2D eigenvalue weighted by molar-refractivity contribution is 0.113. The van der Waals surface area contributed by atoms with E-state index in [2.05, 4.69) is 38.9 Å². The number of amides is 2. The van der Waals surface area contributed by atoms with Gasteiger partial charge in [0, 0.05) is 43.3 Å². The molecule has 134 valence electrons. The van der Waals surface area contributed by atoms with Crippen LogP contribution in [0.25, 0.3) is 0 Å². The van der Waals surface area contributed by atoms with Gasteiger partial charge in [-0.2, -0.15) is 0 Å². The van der Waals surface area contributed by atoms with Crippen LogP contribution in [0.4, 0.5) is 14.9 Å². The number of rotatable bonds is 5. The van der Waals surface area contributed by atoms with E-state index in [4.69, 9.17) is 0 Å². The molecule has 2 aromatic rings. The minimum atomic E-state index is -0.321. The van der Waals surface area contributed by atoms with E-state index in [1.54, 1.807) is 23.5 Å². The van der Waals surface area contributed by atoms with E-state index in [1.807, 2.05) is 6.07 Å². The Bertz CT molecular complexity index is 669. The fraction of sp³-hybridized carbons (Fsp3) is 0.389. The smallest absolute Gasteiger partial charge is 0.319 e. The zero-order valence-electron chi connectivity index (χ0n) is 14.2. The normalized spacial score (nSPS) is 17.2.